The first-order valence-corrected chi connectivity index (χ1v) is 8.81. The largest absolute Gasteiger partial charge is 0.481 e. The van der Waals surface area contributed by atoms with Crippen molar-refractivity contribution in [2.75, 3.05) is 0 Å². The Balaban J connectivity index is 1.87. The number of hydrogen-bond acceptors (Lipinski definition) is 3. The second-order valence-electron chi connectivity index (χ2n) is 6.17. The van der Waals surface area contributed by atoms with Gasteiger partial charge in [0.25, 0.3) is 0 Å². The van der Waals surface area contributed by atoms with Crippen LogP contribution in [0.3, 0.4) is 0 Å². The van der Waals surface area contributed by atoms with E-state index in [0.29, 0.717) is 6.42 Å². The molecule has 4 nitrogen and oxygen atoms in total. The summed E-state index contributed by atoms with van der Waals surface area (Å²) < 4.78 is 0. The highest BCUT2D eigenvalue weighted by molar-refractivity contribution is 5.67. The molecule has 1 N–H and O–H groups in total. The zero-order chi connectivity index (χ0) is 17.2. The summed E-state index contributed by atoms with van der Waals surface area (Å²) in [6.45, 7) is 2.23. The van der Waals surface area contributed by atoms with Gasteiger partial charge in [0.1, 0.15) is 0 Å². The quantitative estimate of drug-likeness (QED) is 0.644. The molecule has 0 radical (unpaired) electrons. The van der Waals surface area contributed by atoms with Crippen LogP contribution in [0.4, 0.5) is 0 Å². The van der Waals surface area contributed by atoms with Crippen molar-refractivity contribution in [1.82, 2.24) is 9.97 Å². The Hall–Kier alpha value is -2.23. The van der Waals surface area contributed by atoms with E-state index in [1.165, 1.54) is 37.7 Å². The first kappa shape index (κ1) is 18.1. The van der Waals surface area contributed by atoms with Gasteiger partial charge in [-0.2, -0.15) is 0 Å². The molecule has 4 heteroatoms. The van der Waals surface area contributed by atoms with E-state index in [2.05, 4.69) is 16.9 Å². The third-order valence-corrected chi connectivity index (χ3v) is 4.11. The number of unbranched alkanes of at least 4 members (excludes halogenated alkanes) is 4. The molecule has 1 heterocycles. The van der Waals surface area contributed by atoms with Crippen LogP contribution >= 0.6 is 0 Å². The number of aromatic nitrogens is 2. The van der Waals surface area contributed by atoms with Gasteiger partial charge in [0.15, 0.2) is 5.82 Å². The van der Waals surface area contributed by atoms with E-state index < -0.39 is 5.97 Å². The van der Waals surface area contributed by atoms with Crippen LogP contribution in [0.2, 0.25) is 0 Å². The lowest BCUT2D eigenvalue weighted by atomic mass is 10.1. The van der Waals surface area contributed by atoms with Crippen LogP contribution in [0, 0.1) is 0 Å². The smallest absolute Gasteiger partial charge is 0.303 e. The van der Waals surface area contributed by atoms with Crippen LogP contribution < -0.4 is 0 Å². The maximum Gasteiger partial charge on any atom is 0.303 e. The lowest BCUT2D eigenvalue weighted by Gasteiger charge is -2.04. The summed E-state index contributed by atoms with van der Waals surface area (Å²) in [5, 5.41) is 8.72. The number of carboxylic acid groups (broad SMARTS) is 1. The number of aliphatic carboxylic acids is 1. The van der Waals surface area contributed by atoms with Crippen LogP contribution in [-0.2, 0) is 17.6 Å². The SMILES string of the molecule is CCCCCCCc1cnc(-c2ccc(CCC(=O)O)cc2)nc1. The summed E-state index contributed by atoms with van der Waals surface area (Å²) in [5.41, 5.74) is 3.17. The number of benzene rings is 1. The fourth-order valence-electron chi connectivity index (χ4n) is 2.64. The highest BCUT2D eigenvalue weighted by atomic mass is 16.4. The molecule has 0 saturated carbocycles. The molecule has 0 amide bonds. The molecule has 2 aromatic rings. The van der Waals surface area contributed by atoms with Gasteiger partial charge in [-0.05, 0) is 30.4 Å². The highest BCUT2D eigenvalue weighted by Crippen LogP contribution is 2.17. The van der Waals surface area contributed by atoms with Gasteiger partial charge in [-0.15, -0.1) is 0 Å². The van der Waals surface area contributed by atoms with Gasteiger partial charge < -0.3 is 5.11 Å². The minimum Gasteiger partial charge on any atom is -0.481 e. The van der Waals surface area contributed by atoms with E-state index in [9.17, 15) is 4.79 Å². The molecule has 0 aliphatic rings. The Kier molecular flexibility index (Phi) is 7.40. The predicted octanol–water partition coefficient (Wildman–Crippen LogP) is 4.67. The summed E-state index contributed by atoms with van der Waals surface area (Å²) in [7, 11) is 0. The molecule has 0 atom stereocenters. The van der Waals surface area contributed by atoms with Crippen LogP contribution in [0.15, 0.2) is 36.7 Å². The molecule has 0 saturated heterocycles. The Morgan fingerprint density at radius 1 is 0.917 bits per heavy atom. The van der Waals surface area contributed by atoms with Gasteiger partial charge in [0.2, 0.25) is 0 Å². The first-order chi connectivity index (χ1) is 11.7. The predicted molar refractivity (Wildman–Crippen MR) is 95.9 cm³/mol. The average molecular weight is 326 g/mol. The first-order valence-electron chi connectivity index (χ1n) is 8.81. The number of carboxylic acids is 1. The van der Waals surface area contributed by atoms with Crippen molar-refractivity contribution in [3.63, 3.8) is 0 Å². The molecular formula is C20H26N2O2. The van der Waals surface area contributed by atoms with Crippen molar-refractivity contribution in [3.05, 3.63) is 47.8 Å². The number of nitrogens with zero attached hydrogens (tertiary/aromatic N) is 2. The standard InChI is InChI=1S/C20H26N2O2/c1-2-3-4-5-6-7-17-14-21-20(22-15-17)18-11-8-16(9-12-18)10-13-19(23)24/h8-9,11-12,14-15H,2-7,10,13H2,1H3,(H,23,24). The van der Waals surface area contributed by atoms with Gasteiger partial charge in [-0.1, -0.05) is 56.9 Å². The molecule has 2 rings (SSSR count). The third kappa shape index (κ3) is 6.11. The molecule has 0 spiro atoms. The topological polar surface area (TPSA) is 63.1 Å². The van der Waals surface area contributed by atoms with E-state index in [-0.39, 0.29) is 6.42 Å². The monoisotopic (exact) mass is 326 g/mol. The van der Waals surface area contributed by atoms with Crippen LogP contribution in [0.1, 0.15) is 56.6 Å². The van der Waals surface area contributed by atoms with Gasteiger partial charge in [-0.25, -0.2) is 9.97 Å². The molecule has 1 aromatic heterocycles. The van der Waals surface area contributed by atoms with Gasteiger partial charge >= 0.3 is 5.97 Å². The van der Waals surface area contributed by atoms with Crippen molar-refractivity contribution in [2.24, 2.45) is 0 Å². The maximum absolute atomic E-state index is 10.6. The Morgan fingerprint density at radius 3 is 2.21 bits per heavy atom. The number of hydrogen-bond donors (Lipinski definition) is 1. The van der Waals surface area contributed by atoms with Crippen molar-refractivity contribution in [1.29, 1.82) is 0 Å². The van der Waals surface area contributed by atoms with Crippen LogP contribution in [-0.4, -0.2) is 21.0 Å². The zero-order valence-electron chi connectivity index (χ0n) is 14.4. The molecule has 0 aliphatic heterocycles. The Bertz CT molecular complexity index is 621. The van der Waals surface area contributed by atoms with E-state index >= 15 is 0 Å². The number of aryl methyl sites for hydroxylation is 2. The van der Waals surface area contributed by atoms with E-state index in [1.807, 2.05) is 36.7 Å². The summed E-state index contributed by atoms with van der Waals surface area (Å²) >= 11 is 0. The summed E-state index contributed by atoms with van der Waals surface area (Å²) in [6, 6.07) is 7.81. The molecule has 128 valence electrons. The van der Waals surface area contributed by atoms with Gasteiger partial charge in [0.05, 0.1) is 0 Å². The molecule has 0 fully saturated rings. The van der Waals surface area contributed by atoms with Crippen LogP contribution in [0.25, 0.3) is 11.4 Å². The fourth-order valence-corrected chi connectivity index (χ4v) is 2.64. The molecule has 0 bridgehead atoms. The molecular weight excluding hydrogens is 300 g/mol. The maximum atomic E-state index is 10.6. The van der Waals surface area contributed by atoms with Gasteiger partial charge in [0, 0.05) is 24.4 Å². The molecule has 1 aromatic carbocycles. The van der Waals surface area contributed by atoms with Crippen molar-refractivity contribution in [2.45, 2.75) is 58.3 Å². The van der Waals surface area contributed by atoms with Crippen LogP contribution in [0.5, 0.6) is 0 Å². The molecule has 0 unspecified atom stereocenters. The fraction of sp³-hybridized carbons (Fsp3) is 0.450. The zero-order valence-corrected chi connectivity index (χ0v) is 14.4. The normalized spacial score (nSPS) is 10.7. The highest BCUT2D eigenvalue weighted by Gasteiger charge is 2.04. The molecule has 0 aliphatic carbocycles. The second-order valence-corrected chi connectivity index (χ2v) is 6.17. The minimum atomic E-state index is -0.771. The van der Waals surface area contributed by atoms with Crippen molar-refractivity contribution >= 4 is 5.97 Å². The summed E-state index contributed by atoms with van der Waals surface area (Å²) in [5.74, 6) is -0.0535. The number of rotatable bonds is 10. The summed E-state index contributed by atoms with van der Waals surface area (Å²) in [6.07, 6.45) is 11.9. The van der Waals surface area contributed by atoms with E-state index in [4.69, 9.17) is 5.11 Å². The van der Waals surface area contributed by atoms with E-state index in [1.54, 1.807) is 0 Å². The summed E-state index contributed by atoms with van der Waals surface area (Å²) in [4.78, 5) is 19.5. The number of carbonyl (C=O) groups is 1. The second kappa shape index (κ2) is 9.81. The lowest BCUT2D eigenvalue weighted by molar-refractivity contribution is -0.136. The minimum absolute atomic E-state index is 0.156. The Morgan fingerprint density at radius 2 is 1.58 bits per heavy atom. The third-order valence-electron chi connectivity index (χ3n) is 4.11. The Labute approximate surface area is 144 Å². The average Bonchev–Trinajstić information content (AvgIpc) is 2.61. The lowest BCUT2D eigenvalue weighted by Crippen LogP contribution is -1.97. The van der Waals surface area contributed by atoms with Gasteiger partial charge in [-0.3, -0.25) is 4.79 Å². The van der Waals surface area contributed by atoms with Crippen molar-refractivity contribution in [3.8, 4) is 11.4 Å². The van der Waals surface area contributed by atoms with Crippen molar-refractivity contribution < 1.29 is 9.90 Å². The van der Waals surface area contributed by atoms with E-state index in [0.717, 1.165) is 23.4 Å². The molecule has 24 heavy (non-hydrogen) atoms.